The highest BCUT2D eigenvalue weighted by Gasteiger charge is 2.38. The number of β-amino-alcohol motifs (C(OH)–C–C–N with tert-alkyl or cyclic N) is 1. The molecule has 0 spiro atoms. The molecule has 32 heavy (non-hydrogen) atoms. The van der Waals surface area contributed by atoms with Crippen molar-refractivity contribution in [1.82, 2.24) is 10.6 Å². The fourth-order valence-corrected chi connectivity index (χ4v) is 3.57. The Bertz CT molecular complexity index is 703. The first-order valence-electron chi connectivity index (χ1n) is 8.88. The predicted octanol–water partition coefficient (Wildman–Crippen LogP) is -6.57. The molecule has 18 heteroatoms. The molecule has 0 saturated heterocycles. The van der Waals surface area contributed by atoms with E-state index in [1.54, 1.807) is 0 Å². The Hall–Kier alpha value is -0.580. The maximum atomic E-state index is 10.6. The fourth-order valence-electron chi connectivity index (χ4n) is 2.19. The summed E-state index contributed by atoms with van der Waals surface area (Å²) in [5, 5.41) is 76.9. The Morgan fingerprint density at radius 1 is 0.750 bits per heavy atom. The summed E-state index contributed by atoms with van der Waals surface area (Å²) in [4.78, 5) is 0. The van der Waals surface area contributed by atoms with Crippen LogP contribution in [0.2, 0.25) is 0 Å². The lowest BCUT2D eigenvalue weighted by atomic mass is 10.0. The van der Waals surface area contributed by atoms with Gasteiger partial charge < -0.3 is 46.2 Å². The maximum Gasteiger partial charge on any atom is 0.269 e. The SMILES string of the molecule is CC(O)(CS(=O)(=O)O)NC(CO)(CO)CO.O=S(=O)(O)CC(O)CNC(CO)(CO)CO. The summed E-state index contributed by atoms with van der Waals surface area (Å²) >= 11 is 0. The molecule has 0 aliphatic rings. The van der Waals surface area contributed by atoms with E-state index in [4.69, 9.17) is 39.7 Å². The second-order valence-electron chi connectivity index (χ2n) is 7.42. The monoisotopic (exact) mass is 518 g/mol. The lowest BCUT2D eigenvalue weighted by molar-refractivity contribution is -0.0450. The van der Waals surface area contributed by atoms with Gasteiger partial charge in [-0.3, -0.25) is 14.4 Å². The molecular weight excluding hydrogens is 484 g/mol. The van der Waals surface area contributed by atoms with E-state index in [1.165, 1.54) is 0 Å². The Balaban J connectivity index is 0. The van der Waals surface area contributed by atoms with Gasteiger partial charge in [0.1, 0.15) is 17.2 Å². The number of aliphatic hydroxyl groups is 8. The van der Waals surface area contributed by atoms with Gasteiger partial charge in [-0.25, -0.2) is 0 Å². The summed E-state index contributed by atoms with van der Waals surface area (Å²) < 4.78 is 58.9. The van der Waals surface area contributed by atoms with Crippen molar-refractivity contribution in [3.63, 3.8) is 0 Å². The van der Waals surface area contributed by atoms with Gasteiger partial charge in [-0.05, 0) is 6.92 Å². The molecule has 0 bridgehead atoms. The zero-order valence-electron chi connectivity index (χ0n) is 17.4. The zero-order chi connectivity index (χ0) is 25.9. The van der Waals surface area contributed by atoms with Gasteiger partial charge in [0, 0.05) is 6.54 Å². The lowest BCUT2D eigenvalue weighted by Gasteiger charge is -2.36. The number of hydrogen-bond donors (Lipinski definition) is 12. The third-order valence-corrected chi connectivity index (χ3v) is 5.66. The van der Waals surface area contributed by atoms with Crippen LogP contribution < -0.4 is 10.6 Å². The molecule has 0 aromatic carbocycles. The fraction of sp³-hybridized carbons (Fsp3) is 1.00. The summed E-state index contributed by atoms with van der Waals surface area (Å²) in [6, 6.07) is 0. The Morgan fingerprint density at radius 3 is 1.41 bits per heavy atom. The number of aliphatic hydroxyl groups excluding tert-OH is 7. The van der Waals surface area contributed by atoms with E-state index < -0.39 is 94.3 Å². The van der Waals surface area contributed by atoms with E-state index in [1.807, 2.05) is 0 Å². The molecule has 0 aromatic rings. The Kier molecular flexibility index (Phi) is 14.7. The van der Waals surface area contributed by atoms with E-state index in [2.05, 4.69) is 10.6 Å². The molecule has 16 nitrogen and oxygen atoms in total. The molecule has 0 rings (SSSR count). The average Bonchev–Trinajstić information content (AvgIpc) is 2.65. The maximum absolute atomic E-state index is 10.6. The van der Waals surface area contributed by atoms with Crippen LogP contribution >= 0.6 is 0 Å². The van der Waals surface area contributed by atoms with Crippen LogP contribution in [-0.4, -0.2) is 147 Å². The molecule has 0 amide bonds. The minimum atomic E-state index is -4.44. The van der Waals surface area contributed by atoms with E-state index in [-0.39, 0.29) is 6.54 Å². The smallest absolute Gasteiger partial charge is 0.269 e. The minimum Gasteiger partial charge on any atom is -0.394 e. The minimum absolute atomic E-state index is 0.304. The molecule has 0 aliphatic heterocycles. The van der Waals surface area contributed by atoms with Gasteiger partial charge in [0.2, 0.25) is 0 Å². The zero-order valence-corrected chi connectivity index (χ0v) is 19.0. The molecule has 0 fully saturated rings. The molecule has 196 valence electrons. The van der Waals surface area contributed by atoms with Gasteiger partial charge in [-0.15, -0.1) is 0 Å². The van der Waals surface area contributed by atoms with Crippen LogP contribution in [-0.2, 0) is 20.2 Å². The normalized spacial score (nSPS) is 16.1. The van der Waals surface area contributed by atoms with Crippen molar-refractivity contribution in [3.8, 4) is 0 Å². The van der Waals surface area contributed by atoms with Gasteiger partial charge in [0.25, 0.3) is 20.2 Å². The molecule has 2 unspecified atom stereocenters. The van der Waals surface area contributed by atoms with E-state index in [9.17, 15) is 27.0 Å². The molecule has 0 radical (unpaired) electrons. The van der Waals surface area contributed by atoms with Gasteiger partial charge in [-0.2, -0.15) is 16.8 Å². The highest BCUT2D eigenvalue weighted by molar-refractivity contribution is 7.86. The van der Waals surface area contributed by atoms with Crippen LogP contribution in [0.15, 0.2) is 0 Å². The van der Waals surface area contributed by atoms with Crippen molar-refractivity contribution in [2.45, 2.75) is 29.8 Å². The topological polar surface area (TPSA) is 295 Å². The van der Waals surface area contributed by atoms with Crippen LogP contribution in [0.25, 0.3) is 0 Å². The third kappa shape index (κ3) is 14.5. The van der Waals surface area contributed by atoms with Crippen molar-refractivity contribution in [3.05, 3.63) is 0 Å². The van der Waals surface area contributed by atoms with Gasteiger partial charge >= 0.3 is 0 Å². The highest BCUT2D eigenvalue weighted by atomic mass is 32.2. The van der Waals surface area contributed by atoms with Crippen LogP contribution in [0, 0.1) is 0 Å². The first kappa shape index (κ1) is 33.6. The number of nitrogens with one attached hydrogen (secondary N) is 2. The molecule has 0 aromatic heterocycles. The molecule has 0 heterocycles. The van der Waals surface area contributed by atoms with E-state index in [0.717, 1.165) is 6.92 Å². The predicted molar refractivity (Wildman–Crippen MR) is 109 cm³/mol. The molecular formula is C14H34N2O14S2. The van der Waals surface area contributed by atoms with E-state index >= 15 is 0 Å². The Morgan fingerprint density at radius 2 is 1.12 bits per heavy atom. The van der Waals surface area contributed by atoms with Crippen LogP contribution in [0.1, 0.15) is 6.92 Å². The first-order valence-corrected chi connectivity index (χ1v) is 12.1. The second kappa shape index (κ2) is 14.0. The largest absolute Gasteiger partial charge is 0.394 e. The van der Waals surface area contributed by atoms with Gasteiger partial charge in [0.15, 0.2) is 0 Å². The highest BCUT2D eigenvalue weighted by Crippen LogP contribution is 2.11. The molecule has 0 aliphatic carbocycles. The van der Waals surface area contributed by atoms with Crippen molar-refractivity contribution in [1.29, 1.82) is 0 Å². The van der Waals surface area contributed by atoms with Crippen molar-refractivity contribution in [2.75, 3.05) is 57.7 Å². The van der Waals surface area contributed by atoms with Gasteiger partial charge in [-0.1, -0.05) is 0 Å². The van der Waals surface area contributed by atoms with Crippen LogP contribution in [0.4, 0.5) is 0 Å². The molecule has 12 N–H and O–H groups in total. The molecule has 0 saturated carbocycles. The molecule has 2 atom stereocenters. The first-order chi connectivity index (χ1) is 14.4. The average molecular weight is 519 g/mol. The van der Waals surface area contributed by atoms with Crippen molar-refractivity contribution >= 4 is 20.2 Å². The van der Waals surface area contributed by atoms with E-state index in [0.29, 0.717) is 0 Å². The summed E-state index contributed by atoms with van der Waals surface area (Å²) in [7, 11) is -8.72. The van der Waals surface area contributed by atoms with Crippen LogP contribution in [0.5, 0.6) is 0 Å². The standard InChI is InChI=1S/2C7H17NO7S/c1-6(12,5-16(13,14)15)8-7(2-9,3-10)4-11;9-3-7(4-10,5-11)8-1-6(12)2-16(13,14)15/h8-12H,2-5H2,1H3,(H,13,14,15);6,8-12H,1-5H2,(H,13,14,15). The summed E-state index contributed by atoms with van der Waals surface area (Å²) in [6.45, 7) is -3.20. The second-order valence-corrected chi connectivity index (χ2v) is 10.4. The number of rotatable bonds is 15. The summed E-state index contributed by atoms with van der Waals surface area (Å²) in [5.74, 6) is -1.90. The summed E-state index contributed by atoms with van der Waals surface area (Å²) in [6.07, 6.45) is -1.40. The van der Waals surface area contributed by atoms with Crippen LogP contribution in [0.3, 0.4) is 0 Å². The third-order valence-electron chi connectivity index (χ3n) is 3.93. The van der Waals surface area contributed by atoms with Crippen molar-refractivity contribution in [2.24, 2.45) is 0 Å². The van der Waals surface area contributed by atoms with Crippen molar-refractivity contribution < 1.29 is 66.8 Å². The van der Waals surface area contributed by atoms with Gasteiger partial charge in [0.05, 0.1) is 56.8 Å². The summed E-state index contributed by atoms with van der Waals surface area (Å²) in [5.41, 5.74) is -5.11. The number of hydrogen-bond acceptors (Lipinski definition) is 14. The Labute approximate surface area is 185 Å². The lowest BCUT2D eigenvalue weighted by Crippen LogP contribution is -2.64. The quantitative estimate of drug-likeness (QED) is 0.0708.